The van der Waals surface area contributed by atoms with Crippen LogP contribution < -0.4 is 16.4 Å². The minimum atomic E-state index is -1.45. The number of aromatic nitrogens is 3. The van der Waals surface area contributed by atoms with Crippen LogP contribution in [0, 0.1) is 5.92 Å². The number of hydrogen-bond acceptors (Lipinski definition) is 7. The summed E-state index contributed by atoms with van der Waals surface area (Å²) in [4.78, 5) is 29.9. The molecule has 0 saturated heterocycles. The number of anilines is 2. The Morgan fingerprint density at radius 2 is 1.95 bits per heavy atom. The minimum absolute atomic E-state index is 0.0902. The average molecular weight is 538 g/mol. The van der Waals surface area contributed by atoms with E-state index in [1.54, 1.807) is 19.4 Å². The molecular weight excluding hydrogens is 506 g/mol. The van der Waals surface area contributed by atoms with Crippen molar-refractivity contribution in [2.24, 2.45) is 16.6 Å². The molecule has 2 heterocycles. The number of halogens is 1. The van der Waals surface area contributed by atoms with Crippen molar-refractivity contribution in [3.05, 3.63) is 65.2 Å². The van der Waals surface area contributed by atoms with Crippen molar-refractivity contribution in [3.8, 4) is 11.3 Å². The molecule has 4 rings (SSSR count). The van der Waals surface area contributed by atoms with Gasteiger partial charge in [0.25, 0.3) is 0 Å². The molecule has 0 spiro atoms. The Labute approximate surface area is 226 Å². The predicted molar refractivity (Wildman–Crippen MR) is 148 cm³/mol. The van der Waals surface area contributed by atoms with Crippen molar-refractivity contribution in [2.45, 2.75) is 38.2 Å². The van der Waals surface area contributed by atoms with E-state index < -0.39 is 6.09 Å². The molecule has 2 aromatic heterocycles. The molecule has 1 atom stereocenters. The number of carboxylic acid groups (broad SMARTS) is 1. The largest absolute Gasteiger partial charge is 0.463 e. The number of nitrogens with two attached hydrogens (primary N) is 2. The first-order valence-corrected chi connectivity index (χ1v) is 12.9. The van der Waals surface area contributed by atoms with Crippen LogP contribution in [-0.2, 0) is 4.74 Å². The maximum atomic E-state index is 11.1. The molecule has 5 N–H and O–H groups in total. The van der Waals surface area contributed by atoms with E-state index in [1.807, 2.05) is 30.3 Å². The molecule has 0 radical (unpaired) electrons. The molecule has 38 heavy (non-hydrogen) atoms. The van der Waals surface area contributed by atoms with Crippen LogP contribution in [0.2, 0.25) is 5.02 Å². The zero-order chi connectivity index (χ0) is 27.1. The van der Waals surface area contributed by atoms with Gasteiger partial charge in [-0.1, -0.05) is 61.2 Å². The van der Waals surface area contributed by atoms with Gasteiger partial charge in [-0.2, -0.15) is 4.99 Å². The highest BCUT2D eigenvalue weighted by molar-refractivity contribution is 6.30. The van der Waals surface area contributed by atoms with E-state index in [9.17, 15) is 4.79 Å². The fourth-order valence-corrected chi connectivity index (χ4v) is 5.09. The topological polar surface area (TPSA) is 153 Å². The fourth-order valence-electron chi connectivity index (χ4n) is 4.92. The SMILES string of the molecule is COC(CN(CC1CCCCC1)c1c(N)nc(/C(N)=N/C(=O)O)nc1-c1cncc(Cl)c1)c1ccccc1. The number of aliphatic imine (C=N–C) groups is 1. The standard InChI is InChI=1S/C27H32ClN7O3/c1-38-21(18-10-6-3-7-11-18)16-35(15-17-8-4-2-5-9-17)23-22(19-12-20(28)14-31-13-19)32-26(33-24(23)29)25(30)34-27(36)37/h3,6-7,10-14,17,21H,2,4-5,8-9,15-16H2,1H3,(H2,30,34)(H,36,37)(H2,29,32,33). The van der Waals surface area contributed by atoms with E-state index in [4.69, 9.17) is 32.9 Å². The molecule has 1 aliphatic carbocycles. The van der Waals surface area contributed by atoms with Gasteiger partial charge in [0.2, 0.25) is 0 Å². The third-order valence-corrected chi connectivity index (χ3v) is 6.90. The van der Waals surface area contributed by atoms with E-state index in [-0.39, 0.29) is 23.6 Å². The van der Waals surface area contributed by atoms with Crippen molar-refractivity contribution in [3.63, 3.8) is 0 Å². The summed E-state index contributed by atoms with van der Waals surface area (Å²) in [5.74, 6) is 0.157. The number of pyridine rings is 1. The van der Waals surface area contributed by atoms with Gasteiger partial charge in [0.15, 0.2) is 17.5 Å². The van der Waals surface area contributed by atoms with Crippen LogP contribution in [0.15, 0.2) is 53.8 Å². The minimum Gasteiger partial charge on any atom is -0.463 e. The molecule has 1 amide bonds. The van der Waals surface area contributed by atoms with Crippen LogP contribution in [0.1, 0.15) is 49.6 Å². The maximum Gasteiger partial charge on any atom is 0.433 e. The lowest BCUT2D eigenvalue weighted by Crippen LogP contribution is -2.36. The Hall–Kier alpha value is -3.76. The smallest absolute Gasteiger partial charge is 0.433 e. The number of nitrogens with zero attached hydrogens (tertiary/aromatic N) is 5. The molecule has 1 fully saturated rings. The lowest BCUT2D eigenvalue weighted by Gasteiger charge is -2.35. The number of amidine groups is 1. The van der Waals surface area contributed by atoms with Gasteiger partial charge in [0, 0.05) is 38.2 Å². The van der Waals surface area contributed by atoms with Crippen molar-refractivity contribution in [1.82, 2.24) is 15.0 Å². The second-order valence-electron chi connectivity index (χ2n) is 9.35. The normalized spacial score (nSPS) is 15.3. The number of rotatable bonds is 9. The van der Waals surface area contributed by atoms with E-state index in [0.29, 0.717) is 34.4 Å². The maximum absolute atomic E-state index is 11.1. The molecule has 1 aromatic carbocycles. The number of nitrogen functional groups attached to an aromatic ring is 1. The number of benzene rings is 1. The highest BCUT2D eigenvalue weighted by atomic mass is 35.5. The van der Waals surface area contributed by atoms with Crippen LogP contribution in [0.25, 0.3) is 11.3 Å². The summed E-state index contributed by atoms with van der Waals surface area (Å²) >= 11 is 6.28. The molecule has 200 valence electrons. The Kier molecular flexibility index (Phi) is 9.09. The van der Waals surface area contributed by atoms with Crippen LogP contribution >= 0.6 is 11.6 Å². The lowest BCUT2D eigenvalue weighted by atomic mass is 9.88. The van der Waals surface area contributed by atoms with Crippen LogP contribution in [0.5, 0.6) is 0 Å². The van der Waals surface area contributed by atoms with E-state index in [2.05, 4.69) is 24.8 Å². The van der Waals surface area contributed by atoms with E-state index in [1.165, 1.54) is 25.5 Å². The van der Waals surface area contributed by atoms with Crippen LogP contribution in [0.4, 0.5) is 16.3 Å². The summed E-state index contributed by atoms with van der Waals surface area (Å²) in [5, 5.41) is 9.51. The average Bonchev–Trinajstić information content (AvgIpc) is 2.91. The van der Waals surface area contributed by atoms with Crippen LogP contribution in [0.3, 0.4) is 0 Å². The van der Waals surface area contributed by atoms with Gasteiger partial charge in [-0.05, 0) is 30.4 Å². The highest BCUT2D eigenvalue weighted by Crippen LogP contribution is 2.37. The second kappa shape index (κ2) is 12.7. The first-order valence-electron chi connectivity index (χ1n) is 12.5. The first-order chi connectivity index (χ1) is 18.4. The molecule has 0 bridgehead atoms. The first kappa shape index (κ1) is 27.3. The summed E-state index contributed by atoms with van der Waals surface area (Å²) in [6.45, 7) is 1.21. The van der Waals surface area contributed by atoms with Crippen molar-refractivity contribution < 1.29 is 14.6 Å². The Bertz CT molecular complexity index is 1280. The molecule has 3 aromatic rings. The summed E-state index contributed by atoms with van der Waals surface area (Å²) < 4.78 is 5.93. The summed E-state index contributed by atoms with van der Waals surface area (Å²) in [6, 6.07) is 11.7. The summed E-state index contributed by atoms with van der Waals surface area (Å²) in [7, 11) is 1.68. The Balaban J connectivity index is 1.86. The molecule has 0 aliphatic heterocycles. The monoisotopic (exact) mass is 537 g/mol. The number of amides is 1. The van der Waals surface area contributed by atoms with Gasteiger partial charge in [-0.25, -0.2) is 14.8 Å². The van der Waals surface area contributed by atoms with Crippen molar-refractivity contribution in [2.75, 3.05) is 30.8 Å². The summed E-state index contributed by atoms with van der Waals surface area (Å²) in [5.41, 5.74) is 15.1. The number of hydrogen-bond donors (Lipinski definition) is 3. The zero-order valence-electron chi connectivity index (χ0n) is 21.3. The van der Waals surface area contributed by atoms with E-state index >= 15 is 0 Å². The number of carbonyl (C=O) groups is 1. The molecule has 1 saturated carbocycles. The molecular formula is C27H32ClN7O3. The lowest BCUT2D eigenvalue weighted by molar-refractivity contribution is 0.107. The van der Waals surface area contributed by atoms with Crippen molar-refractivity contribution in [1.29, 1.82) is 0 Å². The predicted octanol–water partition coefficient (Wildman–Crippen LogP) is 4.93. The quantitative estimate of drug-likeness (QED) is 0.254. The molecule has 1 aliphatic rings. The number of ether oxygens (including phenoxy) is 1. The zero-order valence-corrected chi connectivity index (χ0v) is 22.0. The van der Waals surface area contributed by atoms with Gasteiger partial charge >= 0.3 is 6.09 Å². The third kappa shape index (κ3) is 6.76. The van der Waals surface area contributed by atoms with Gasteiger partial charge < -0.3 is 26.2 Å². The Morgan fingerprint density at radius 3 is 2.61 bits per heavy atom. The van der Waals surface area contributed by atoms with Gasteiger partial charge in [-0.15, -0.1) is 0 Å². The Morgan fingerprint density at radius 1 is 1.21 bits per heavy atom. The molecule has 1 unspecified atom stereocenters. The van der Waals surface area contributed by atoms with Gasteiger partial charge in [0.05, 0.1) is 11.1 Å². The van der Waals surface area contributed by atoms with Gasteiger partial charge in [-0.3, -0.25) is 4.98 Å². The fraction of sp³-hybridized carbons (Fsp3) is 0.370. The van der Waals surface area contributed by atoms with Gasteiger partial charge in [0.1, 0.15) is 11.4 Å². The second-order valence-corrected chi connectivity index (χ2v) is 9.78. The molecule has 10 nitrogen and oxygen atoms in total. The molecule has 11 heteroatoms. The summed E-state index contributed by atoms with van der Waals surface area (Å²) in [6.07, 6.45) is 7.28. The highest BCUT2D eigenvalue weighted by Gasteiger charge is 2.27. The van der Waals surface area contributed by atoms with Crippen molar-refractivity contribution >= 4 is 35.0 Å². The third-order valence-electron chi connectivity index (χ3n) is 6.70. The van der Waals surface area contributed by atoms with Crippen LogP contribution in [-0.4, -0.2) is 52.2 Å². The number of methoxy groups -OCH3 is 1. The van der Waals surface area contributed by atoms with E-state index in [0.717, 1.165) is 24.9 Å².